The molecule has 8 heteroatoms. The van der Waals surface area contributed by atoms with E-state index in [1.54, 1.807) is 6.92 Å². The molecule has 1 fully saturated rings. The van der Waals surface area contributed by atoms with Gasteiger partial charge in [0.2, 0.25) is 10.0 Å². The third-order valence-electron chi connectivity index (χ3n) is 4.19. The molecule has 7 nitrogen and oxygen atoms in total. The van der Waals surface area contributed by atoms with E-state index < -0.39 is 28.6 Å². The number of ether oxygens (including phenoxy) is 2. The summed E-state index contributed by atoms with van der Waals surface area (Å²) in [6, 6.07) is 5.55. The summed E-state index contributed by atoms with van der Waals surface area (Å²) in [6.45, 7) is 6.46. The summed E-state index contributed by atoms with van der Waals surface area (Å²) in [5, 5.41) is 0. The van der Waals surface area contributed by atoms with Crippen LogP contribution in [0.5, 0.6) is 0 Å². The summed E-state index contributed by atoms with van der Waals surface area (Å²) in [7, 11) is -3.60. The zero-order valence-electron chi connectivity index (χ0n) is 15.3. The van der Waals surface area contributed by atoms with Crippen LogP contribution in [-0.2, 0) is 24.3 Å². The number of sulfonamides is 1. The Balaban J connectivity index is 2.06. The molecule has 0 amide bonds. The molecule has 2 unspecified atom stereocenters. The number of piperidine rings is 1. The van der Waals surface area contributed by atoms with Gasteiger partial charge in [0, 0.05) is 13.1 Å². The van der Waals surface area contributed by atoms with E-state index in [0.717, 1.165) is 6.42 Å². The Labute approximate surface area is 154 Å². The molecule has 1 aromatic carbocycles. The van der Waals surface area contributed by atoms with Crippen LogP contribution in [0.3, 0.4) is 0 Å². The number of carbonyl (C=O) groups is 2. The van der Waals surface area contributed by atoms with E-state index in [4.69, 9.17) is 4.74 Å². The largest absolute Gasteiger partial charge is 0.463 e. The van der Waals surface area contributed by atoms with Crippen molar-refractivity contribution in [3.63, 3.8) is 0 Å². The van der Waals surface area contributed by atoms with Crippen molar-refractivity contribution in [1.29, 1.82) is 0 Å². The minimum atomic E-state index is -3.60. The second kappa shape index (κ2) is 8.64. The lowest BCUT2D eigenvalue weighted by Gasteiger charge is -2.34. The molecule has 1 saturated heterocycles. The van der Waals surface area contributed by atoms with E-state index in [2.05, 4.69) is 4.74 Å². The lowest BCUT2D eigenvalue weighted by molar-refractivity contribution is -0.146. The fourth-order valence-corrected chi connectivity index (χ4v) is 4.80. The summed E-state index contributed by atoms with van der Waals surface area (Å²) >= 11 is 0. The quantitative estimate of drug-likeness (QED) is 0.699. The first-order chi connectivity index (χ1) is 12.2. The van der Waals surface area contributed by atoms with Crippen LogP contribution in [0.4, 0.5) is 0 Å². The Morgan fingerprint density at radius 3 is 2.19 bits per heavy atom. The molecule has 144 valence electrons. The van der Waals surface area contributed by atoms with Crippen molar-refractivity contribution in [1.82, 2.24) is 4.31 Å². The molecule has 1 heterocycles. The van der Waals surface area contributed by atoms with Gasteiger partial charge in [-0.15, -0.1) is 0 Å². The molecule has 1 aromatic rings. The predicted molar refractivity (Wildman–Crippen MR) is 95.1 cm³/mol. The average molecular weight is 383 g/mol. The molecule has 0 N–H and O–H groups in total. The van der Waals surface area contributed by atoms with Crippen LogP contribution in [0, 0.1) is 11.8 Å². The number of hydrogen-bond donors (Lipinski definition) is 0. The SMILES string of the molecule is CCOC(=O)COC(=O)c1ccc(S(=O)(=O)N2CC(C)CC(C)C2)cc1. The van der Waals surface area contributed by atoms with Gasteiger partial charge in [0.1, 0.15) is 0 Å². The van der Waals surface area contributed by atoms with Crippen LogP contribution >= 0.6 is 0 Å². The number of rotatable bonds is 6. The first kappa shape index (κ1) is 20.4. The van der Waals surface area contributed by atoms with Gasteiger partial charge in [0.25, 0.3) is 0 Å². The molecule has 0 spiro atoms. The molecule has 1 aliphatic rings. The minimum Gasteiger partial charge on any atom is -0.463 e. The van der Waals surface area contributed by atoms with Gasteiger partial charge in [-0.3, -0.25) is 0 Å². The number of hydrogen-bond acceptors (Lipinski definition) is 6. The Morgan fingerprint density at radius 2 is 1.65 bits per heavy atom. The zero-order valence-corrected chi connectivity index (χ0v) is 16.1. The molecule has 26 heavy (non-hydrogen) atoms. The molecule has 0 saturated carbocycles. The molecule has 0 radical (unpaired) electrons. The van der Waals surface area contributed by atoms with Crippen molar-refractivity contribution in [3.8, 4) is 0 Å². The van der Waals surface area contributed by atoms with Gasteiger partial charge in [-0.25, -0.2) is 18.0 Å². The maximum atomic E-state index is 12.8. The van der Waals surface area contributed by atoms with Crippen LogP contribution in [0.15, 0.2) is 29.2 Å². The van der Waals surface area contributed by atoms with Crippen molar-refractivity contribution in [2.24, 2.45) is 11.8 Å². The van der Waals surface area contributed by atoms with Crippen molar-refractivity contribution in [2.45, 2.75) is 32.1 Å². The summed E-state index contributed by atoms with van der Waals surface area (Å²) in [5.74, 6) is -0.716. The monoisotopic (exact) mass is 383 g/mol. The highest BCUT2D eigenvalue weighted by Crippen LogP contribution is 2.26. The van der Waals surface area contributed by atoms with Crippen LogP contribution in [0.25, 0.3) is 0 Å². The first-order valence-corrected chi connectivity index (χ1v) is 10.1. The summed E-state index contributed by atoms with van der Waals surface area (Å²) in [5.41, 5.74) is 0.175. The second-order valence-corrected chi connectivity index (χ2v) is 8.61. The minimum absolute atomic E-state index is 0.140. The second-order valence-electron chi connectivity index (χ2n) is 6.67. The standard InChI is InChI=1S/C18H25NO6S/c1-4-24-17(20)12-25-18(21)15-5-7-16(8-6-15)26(22,23)19-10-13(2)9-14(3)11-19/h5-8,13-14H,4,9-12H2,1-3H3. The van der Waals surface area contributed by atoms with Gasteiger partial charge in [0.05, 0.1) is 17.1 Å². The van der Waals surface area contributed by atoms with Crippen LogP contribution in [0.1, 0.15) is 37.6 Å². The third-order valence-corrected chi connectivity index (χ3v) is 6.04. The van der Waals surface area contributed by atoms with Crippen LogP contribution in [0.2, 0.25) is 0 Å². The Kier molecular flexibility index (Phi) is 6.77. The summed E-state index contributed by atoms with van der Waals surface area (Å²) in [4.78, 5) is 23.3. The third kappa shape index (κ3) is 5.04. The van der Waals surface area contributed by atoms with Gasteiger partial charge >= 0.3 is 11.9 Å². The summed E-state index contributed by atoms with van der Waals surface area (Å²) in [6.07, 6.45) is 1.01. The molecular weight excluding hydrogens is 358 g/mol. The summed E-state index contributed by atoms with van der Waals surface area (Å²) < 4.78 is 36.6. The topological polar surface area (TPSA) is 90.0 Å². The van der Waals surface area contributed by atoms with Crippen LogP contribution < -0.4 is 0 Å². The highest BCUT2D eigenvalue weighted by atomic mass is 32.2. The van der Waals surface area contributed by atoms with E-state index in [0.29, 0.717) is 24.9 Å². The molecule has 1 aliphatic heterocycles. The highest BCUT2D eigenvalue weighted by Gasteiger charge is 2.31. The molecule has 0 bridgehead atoms. The number of nitrogens with zero attached hydrogens (tertiary/aromatic N) is 1. The van der Waals surface area contributed by atoms with Crippen molar-refractivity contribution in [3.05, 3.63) is 29.8 Å². The number of esters is 2. The Bertz CT molecular complexity index is 733. The van der Waals surface area contributed by atoms with Crippen molar-refractivity contribution >= 4 is 22.0 Å². The molecule has 0 aliphatic carbocycles. The molecular formula is C18H25NO6S. The lowest BCUT2D eigenvalue weighted by Crippen LogP contribution is -2.42. The van der Waals surface area contributed by atoms with Gasteiger partial charge in [0.15, 0.2) is 6.61 Å². The van der Waals surface area contributed by atoms with Gasteiger partial charge < -0.3 is 9.47 Å². The molecule has 2 atom stereocenters. The molecule has 2 rings (SSSR count). The number of benzene rings is 1. The van der Waals surface area contributed by atoms with Crippen molar-refractivity contribution in [2.75, 3.05) is 26.3 Å². The zero-order chi connectivity index (χ0) is 19.3. The first-order valence-electron chi connectivity index (χ1n) is 8.67. The van der Waals surface area contributed by atoms with E-state index in [1.807, 2.05) is 13.8 Å². The van der Waals surface area contributed by atoms with Gasteiger partial charge in [-0.05, 0) is 49.4 Å². The average Bonchev–Trinajstić information content (AvgIpc) is 2.59. The van der Waals surface area contributed by atoms with Gasteiger partial charge in [-0.2, -0.15) is 4.31 Å². The maximum Gasteiger partial charge on any atom is 0.344 e. The fraction of sp³-hybridized carbons (Fsp3) is 0.556. The van der Waals surface area contributed by atoms with E-state index in [9.17, 15) is 18.0 Å². The van der Waals surface area contributed by atoms with E-state index in [1.165, 1.54) is 28.6 Å². The highest BCUT2D eigenvalue weighted by molar-refractivity contribution is 7.89. The fourth-order valence-electron chi connectivity index (χ4n) is 3.12. The number of carbonyl (C=O) groups excluding carboxylic acids is 2. The van der Waals surface area contributed by atoms with Crippen molar-refractivity contribution < 1.29 is 27.5 Å². The van der Waals surface area contributed by atoms with E-state index in [-0.39, 0.29) is 17.1 Å². The Hall–Kier alpha value is -1.93. The normalized spacial score (nSPS) is 21.2. The molecule has 0 aromatic heterocycles. The van der Waals surface area contributed by atoms with Crippen LogP contribution in [-0.4, -0.2) is 51.0 Å². The van der Waals surface area contributed by atoms with E-state index >= 15 is 0 Å². The Morgan fingerprint density at radius 1 is 1.08 bits per heavy atom. The van der Waals surface area contributed by atoms with Gasteiger partial charge in [-0.1, -0.05) is 13.8 Å². The lowest BCUT2D eigenvalue weighted by atomic mass is 9.94. The maximum absolute atomic E-state index is 12.8. The smallest absolute Gasteiger partial charge is 0.344 e. The predicted octanol–water partition coefficient (Wildman–Crippen LogP) is 2.07.